The van der Waals surface area contributed by atoms with E-state index in [0.717, 1.165) is 17.7 Å². The summed E-state index contributed by atoms with van der Waals surface area (Å²) in [5.74, 6) is 1.25. The van der Waals surface area contributed by atoms with Crippen molar-refractivity contribution in [3.8, 4) is 11.5 Å². The Bertz CT molecular complexity index is 941. The second-order valence-electron chi connectivity index (χ2n) is 5.97. The molecule has 0 radical (unpaired) electrons. The minimum Gasteiger partial charge on any atom is -0.350 e. The molecule has 0 spiro atoms. The zero-order valence-corrected chi connectivity index (χ0v) is 14.2. The summed E-state index contributed by atoms with van der Waals surface area (Å²) in [6.07, 6.45) is 3.75. The molecule has 0 saturated heterocycles. The van der Waals surface area contributed by atoms with Crippen molar-refractivity contribution in [2.45, 2.75) is 31.8 Å². The summed E-state index contributed by atoms with van der Waals surface area (Å²) in [5.41, 5.74) is 0.377. The van der Waals surface area contributed by atoms with Gasteiger partial charge in [-0.2, -0.15) is 4.98 Å². The lowest BCUT2D eigenvalue weighted by Gasteiger charge is -2.07. The van der Waals surface area contributed by atoms with Gasteiger partial charge in [0.1, 0.15) is 6.54 Å². The number of rotatable bonds is 6. The third kappa shape index (κ3) is 3.69. The molecule has 0 unspecified atom stereocenters. The van der Waals surface area contributed by atoms with Gasteiger partial charge in [0.2, 0.25) is 5.91 Å². The number of aromatic nitrogens is 3. The van der Waals surface area contributed by atoms with Gasteiger partial charge in [-0.15, -0.1) is 11.3 Å². The molecule has 3 aromatic heterocycles. The molecule has 0 bridgehead atoms. The SMILES string of the molecule is O=C(Cn1cc(-c2nc(C3CC3)no2)ccc1=O)NCc1cccs1. The van der Waals surface area contributed by atoms with E-state index in [2.05, 4.69) is 15.5 Å². The molecule has 4 rings (SSSR count). The van der Waals surface area contributed by atoms with Crippen LogP contribution in [-0.2, 0) is 17.9 Å². The Kier molecular flexibility index (Phi) is 4.19. The molecule has 1 fully saturated rings. The summed E-state index contributed by atoms with van der Waals surface area (Å²) in [6.45, 7) is 0.404. The molecule has 3 aromatic rings. The van der Waals surface area contributed by atoms with Crippen LogP contribution < -0.4 is 10.9 Å². The van der Waals surface area contributed by atoms with Gasteiger partial charge in [-0.1, -0.05) is 11.2 Å². The molecular formula is C17H16N4O3S. The van der Waals surface area contributed by atoms with E-state index < -0.39 is 0 Å². The van der Waals surface area contributed by atoms with Crippen LogP contribution in [0.25, 0.3) is 11.5 Å². The molecule has 1 saturated carbocycles. The third-order valence-electron chi connectivity index (χ3n) is 3.97. The van der Waals surface area contributed by atoms with E-state index >= 15 is 0 Å². The predicted molar refractivity (Wildman–Crippen MR) is 92.1 cm³/mol. The summed E-state index contributed by atoms with van der Waals surface area (Å²) in [7, 11) is 0. The van der Waals surface area contributed by atoms with E-state index in [1.807, 2.05) is 17.5 Å². The van der Waals surface area contributed by atoms with Crippen LogP contribution in [0.2, 0.25) is 0 Å². The highest BCUT2D eigenvalue weighted by atomic mass is 32.1. The number of nitrogens with one attached hydrogen (secondary N) is 1. The highest BCUT2D eigenvalue weighted by molar-refractivity contribution is 7.09. The van der Waals surface area contributed by atoms with Crippen LogP contribution in [0.1, 0.15) is 29.5 Å². The monoisotopic (exact) mass is 356 g/mol. The second-order valence-corrected chi connectivity index (χ2v) is 7.00. The van der Waals surface area contributed by atoms with Gasteiger partial charge in [0.25, 0.3) is 11.4 Å². The number of carbonyl (C=O) groups is 1. The van der Waals surface area contributed by atoms with Gasteiger partial charge in [-0.3, -0.25) is 9.59 Å². The first-order valence-corrected chi connectivity index (χ1v) is 8.90. The van der Waals surface area contributed by atoms with Crippen molar-refractivity contribution in [2.24, 2.45) is 0 Å². The number of nitrogens with zero attached hydrogens (tertiary/aromatic N) is 3. The van der Waals surface area contributed by atoms with E-state index in [1.54, 1.807) is 23.6 Å². The zero-order chi connectivity index (χ0) is 17.2. The minimum absolute atomic E-state index is 0.0539. The molecule has 0 aliphatic heterocycles. The first-order valence-electron chi connectivity index (χ1n) is 8.02. The van der Waals surface area contributed by atoms with Gasteiger partial charge in [0.05, 0.1) is 12.1 Å². The number of thiophene rings is 1. The standard InChI is InChI=1S/C17H16N4O3S/c22-14(18-8-13-2-1-7-25-13)10-21-9-12(5-6-15(21)23)17-19-16(20-24-17)11-3-4-11/h1-2,5-7,9,11H,3-4,8,10H2,(H,18,22). The fourth-order valence-corrected chi connectivity index (χ4v) is 3.09. The number of hydrogen-bond donors (Lipinski definition) is 1. The molecule has 1 aliphatic carbocycles. The maximum Gasteiger partial charge on any atom is 0.259 e. The van der Waals surface area contributed by atoms with Gasteiger partial charge < -0.3 is 14.4 Å². The summed E-state index contributed by atoms with van der Waals surface area (Å²) < 4.78 is 6.62. The predicted octanol–water partition coefficient (Wildman–Crippen LogP) is 2.15. The smallest absolute Gasteiger partial charge is 0.259 e. The van der Waals surface area contributed by atoms with Crippen LogP contribution in [-0.4, -0.2) is 20.6 Å². The Morgan fingerprint density at radius 2 is 2.24 bits per heavy atom. The van der Waals surface area contributed by atoms with Crippen molar-refractivity contribution >= 4 is 17.2 Å². The fraction of sp³-hybridized carbons (Fsp3) is 0.294. The van der Waals surface area contributed by atoms with Crippen molar-refractivity contribution in [2.75, 3.05) is 0 Å². The van der Waals surface area contributed by atoms with Gasteiger partial charge in [-0.25, -0.2) is 0 Å². The van der Waals surface area contributed by atoms with Crippen LogP contribution in [0.4, 0.5) is 0 Å². The summed E-state index contributed by atoms with van der Waals surface area (Å²) in [5, 5.41) is 8.74. The maximum atomic E-state index is 12.1. The third-order valence-corrected chi connectivity index (χ3v) is 4.84. The highest BCUT2D eigenvalue weighted by Crippen LogP contribution is 2.38. The fourth-order valence-electron chi connectivity index (χ4n) is 2.45. The lowest BCUT2D eigenvalue weighted by Crippen LogP contribution is -2.31. The van der Waals surface area contributed by atoms with Crippen molar-refractivity contribution < 1.29 is 9.32 Å². The minimum atomic E-state index is -0.253. The summed E-state index contributed by atoms with van der Waals surface area (Å²) >= 11 is 1.57. The average molecular weight is 356 g/mol. The molecular weight excluding hydrogens is 340 g/mol. The summed E-state index contributed by atoms with van der Waals surface area (Å²) in [4.78, 5) is 29.5. The van der Waals surface area contributed by atoms with Crippen LogP contribution >= 0.6 is 11.3 Å². The van der Waals surface area contributed by atoms with Crippen LogP contribution in [0.5, 0.6) is 0 Å². The first kappa shape index (κ1) is 15.8. The van der Waals surface area contributed by atoms with E-state index in [0.29, 0.717) is 29.7 Å². The van der Waals surface area contributed by atoms with Gasteiger partial charge in [0.15, 0.2) is 5.82 Å². The molecule has 0 aromatic carbocycles. The van der Waals surface area contributed by atoms with E-state index in [4.69, 9.17) is 4.52 Å². The highest BCUT2D eigenvalue weighted by Gasteiger charge is 2.29. The van der Waals surface area contributed by atoms with Crippen LogP contribution in [0.3, 0.4) is 0 Å². The number of amides is 1. The lowest BCUT2D eigenvalue weighted by molar-refractivity contribution is -0.121. The van der Waals surface area contributed by atoms with E-state index in [-0.39, 0.29) is 18.0 Å². The zero-order valence-electron chi connectivity index (χ0n) is 13.3. The Morgan fingerprint density at radius 3 is 3.00 bits per heavy atom. The largest absolute Gasteiger partial charge is 0.350 e. The van der Waals surface area contributed by atoms with E-state index in [9.17, 15) is 9.59 Å². The number of hydrogen-bond acceptors (Lipinski definition) is 6. The quantitative estimate of drug-likeness (QED) is 0.731. The number of carbonyl (C=O) groups excluding carboxylic acids is 1. The van der Waals surface area contributed by atoms with Crippen molar-refractivity contribution in [1.29, 1.82) is 0 Å². The Morgan fingerprint density at radius 1 is 1.36 bits per heavy atom. The lowest BCUT2D eigenvalue weighted by atomic mass is 10.2. The van der Waals surface area contributed by atoms with Crippen LogP contribution in [0.15, 0.2) is 45.2 Å². The second kappa shape index (κ2) is 6.64. The van der Waals surface area contributed by atoms with Crippen molar-refractivity contribution in [3.63, 3.8) is 0 Å². The topological polar surface area (TPSA) is 90.0 Å². The van der Waals surface area contributed by atoms with Crippen molar-refractivity contribution in [3.05, 3.63) is 56.9 Å². The average Bonchev–Trinajstić information content (AvgIpc) is 3.12. The maximum absolute atomic E-state index is 12.1. The Labute approximate surface area is 147 Å². The summed E-state index contributed by atoms with van der Waals surface area (Å²) in [6, 6.07) is 6.92. The van der Waals surface area contributed by atoms with E-state index in [1.165, 1.54) is 10.6 Å². The Hall–Kier alpha value is -2.74. The molecule has 25 heavy (non-hydrogen) atoms. The van der Waals surface area contributed by atoms with Gasteiger partial charge in [0, 0.05) is 23.1 Å². The first-order chi connectivity index (χ1) is 12.2. The van der Waals surface area contributed by atoms with Gasteiger partial charge in [-0.05, 0) is 30.4 Å². The van der Waals surface area contributed by atoms with Crippen molar-refractivity contribution in [1.82, 2.24) is 20.0 Å². The van der Waals surface area contributed by atoms with Crippen LogP contribution in [0, 0.1) is 0 Å². The molecule has 128 valence electrons. The Balaban J connectivity index is 1.47. The molecule has 7 nitrogen and oxygen atoms in total. The molecule has 1 N–H and O–H groups in total. The molecule has 0 atom stereocenters. The molecule has 8 heteroatoms. The molecule has 3 heterocycles. The number of pyridine rings is 1. The normalized spacial score (nSPS) is 13.8. The van der Waals surface area contributed by atoms with Gasteiger partial charge >= 0.3 is 0 Å². The molecule has 1 amide bonds. The molecule has 1 aliphatic rings.